The van der Waals surface area contributed by atoms with Gasteiger partial charge >= 0.3 is 0 Å². The van der Waals surface area contributed by atoms with Crippen LogP contribution in [0.4, 0.5) is 4.39 Å². The first-order chi connectivity index (χ1) is 13.8. The minimum Gasteiger partial charge on any atom is -0.251 e. The van der Waals surface area contributed by atoms with Gasteiger partial charge in [-0.1, -0.05) is 56.9 Å². The summed E-state index contributed by atoms with van der Waals surface area (Å²) >= 11 is 0. The van der Waals surface area contributed by atoms with Crippen LogP contribution < -0.4 is 0 Å². The average Bonchev–Trinajstić information content (AvgIpc) is 2.75. The normalized spacial score (nSPS) is 19.6. The number of aromatic nitrogens is 2. The molecule has 0 bridgehead atoms. The molecule has 1 aromatic carbocycles. The minimum atomic E-state index is -0.160. The van der Waals surface area contributed by atoms with Crippen molar-refractivity contribution in [2.45, 2.75) is 83.5 Å². The van der Waals surface area contributed by atoms with Gasteiger partial charge in [0.2, 0.25) is 0 Å². The SMILES string of the molecule is CCCCCc1cnc(-c2ccc(C3CCC(CCCCF)CC3)cc2)nc1. The molecule has 152 valence electrons. The third-order valence-electron chi connectivity index (χ3n) is 6.26. The smallest absolute Gasteiger partial charge is 0.159 e. The third kappa shape index (κ3) is 6.12. The van der Waals surface area contributed by atoms with Crippen LogP contribution in [0.3, 0.4) is 0 Å². The van der Waals surface area contributed by atoms with Crippen LogP contribution in [0.1, 0.15) is 88.2 Å². The number of hydrogen-bond acceptors (Lipinski definition) is 2. The number of hydrogen-bond donors (Lipinski definition) is 0. The molecule has 0 spiro atoms. The number of benzene rings is 1. The maximum atomic E-state index is 12.3. The molecule has 1 heterocycles. The van der Waals surface area contributed by atoms with Gasteiger partial charge in [-0.25, -0.2) is 9.97 Å². The van der Waals surface area contributed by atoms with Crippen molar-refractivity contribution in [2.24, 2.45) is 5.92 Å². The second-order valence-electron chi connectivity index (χ2n) is 8.40. The number of unbranched alkanes of at least 4 members (excludes halogenated alkanes) is 3. The molecule has 0 atom stereocenters. The fourth-order valence-corrected chi connectivity index (χ4v) is 4.43. The summed E-state index contributed by atoms with van der Waals surface area (Å²) in [4.78, 5) is 9.16. The fraction of sp³-hybridized carbons (Fsp3) is 0.600. The fourth-order valence-electron chi connectivity index (χ4n) is 4.43. The van der Waals surface area contributed by atoms with Crippen LogP contribution in [-0.4, -0.2) is 16.6 Å². The Balaban J connectivity index is 1.51. The molecule has 2 aromatic rings. The van der Waals surface area contributed by atoms with Crippen molar-refractivity contribution in [1.82, 2.24) is 9.97 Å². The van der Waals surface area contributed by atoms with Crippen LogP contribution in [0, 0.1) is 5.92 Å². The molecule has 3 heteroatoms. The van der Waals surface area contributed by atoms with Crippen molar-refractivity contribution < 1.29 is 4.39 Å². The van der Waals surface area contributed by atoms with Crippen molar-refractivity contribution in [3.05, 3.63) is 47.8 Å². The van der Waals surface area contributed by atoms with E-state index in [0.717, 1.165) is 36.6 Å². The van der Waals surface area contributed by atoms with E-state index < -0.39 is 0 Å². The summed E-state index contributed by atoms with van der Waals surface area (Å²) in [5.41, 5.74) is 3.78. The minimum absolute atomic E-state index is 0.160. The highest BCUT2D eigenvalue weighted by Gasteiger charge is 2.22. The van der Waals surface area contributed by atoms with E-state index in [4.69, 9.17) is 0 Å². The molecule has 0 saturated heterocycles. The Morgan fingerprint density at radius 1 is 0.893 bits per heavy atom. The molecule has 0 aliphatic heterocycles. The molecule has 0 N–H and O–H groups in total. The highest BCUT2D eigenvalue weighted by atomic mass is 19.1. The van der Waals surface area contributed by atoms with E-state index in [2.05, 4.69) is 41.2 Å². The van der Waals surface area contributed by atoms with Crippen LogP contribution >= 0.6 is 0 Å². The molecule has 0 unspecified atom stereocenters. The first-order valence-corrected chi connectivity index (χ1v) is 11.3. The van der Waals surface area contributed by atoms with Gasteiger partial charge in [-0.2, -0.15) is 0 Å². The Bertz CT molecular complexity index is 673. The zero-order valence-corrected chi connectivity index (χ0v) is 17.4. The van der Waals surface area contributed by atoms with Crippen molar-refractivity contribution in [1.29, 1.82) is 0 Å². The summed E-state index contributed by atoms with van der Waals surface area (Å²) < 4.78 is 12.3. The lowest BCUT2D eigenvalue weighted by molar-refractivity contribution is 0.298. The Morgan fingerprint density at radius 2 is 1.61 bits per heavy atom. The summed E-state index contributed by atoms with van der Waals surface area (Å²) in [7, 11) is 0. The average molecular weight is 383 g/mol. The van der Waals surface area contributed by atoms with Crippen molar-refractivity contribution >= 4 is 0 Å². The van der Waals surface area contributed by atoms with Gasteiger partial charge in [0.15, 0.2) is 5.82 Å². The van der Waals surface area contributed by atoms with E-state index in [1.807, 2.05) is 12.4 Å². The quantitative estimate of drug-likeness (QED) is 0.403. The Morgan fingerprint density at radius 3 is 2.25 bits per heavy atom. The molecule has 1 fully saturated rings. The van der Waals surface area contributed by atoms with Crippen molar-refractivity contribution in [3.8, 4) is 11.4 Å². The van der Waals surface area contributed by atoms with Gasteiger partial charge in [-0.3, -0.25) is 4.39 Å². The first kappa shape index (κ1) is 21.0. The Hall–Kier alpha value is -1.77. The molecule has 1 aliphatic rings. The number of nitrogens with zero attached hydrogens (tertiary/aromatic N) is 2. The lowest BCUT2D eigenvalue weighted by Gasteiger charge is -2.29. The summed E-state index contributed by atoms with van der Waals surface area (Å²) in [6.07, 6.45) is 16.9. The lowest BCUT2D eigenvalue weighted by atomic mass is 9.77. The van der Waals surface area contributed by atoms with Gasteiger partial charge in [0, 0.05) is 18.0 Å². The number of halogens is 1. The van der Waals surface area contributed by atoms with E-state index in [1.165, 1.54) is 62.5 Å². The van der Waals surface area contributed by atoms with Crippen LogP contribution in [-0.2, 0) is 6.42 Å². The predicted molar refractivity (Wildman–Crippen MR) is 115 cm³/mol. The number of aryl methyl sites for hydroxylation is 1. The van der Waals surface area contributed by atoms with E-state index in [-0.39, 0.29) is 6.67 Å². The molecule has 1 aromatic heterocycles. The van der Waals surface area contributed by atoms with E-state index in [1.54, 1.807) is 0 Å². The summed E-state index contributed by atoms with van der Waals surface area (Å²) in [5.74, 6) is 2.31. The molecule has 3 rings (SSSR count). The van der Waals surface area contributed by atoms with E-state index >= 15 is 0 Å². The maximum Gasteiger partial charge on any atom is 0.159 e. The molecular formula is C25H35FN2. The third-order valence-corrected chi connectivity index (χ3v) is 6.26. The molecule has 1 saturated carbocycles. The second-order valence-corrected chi connectivity index (χ2v) is 8.40. The Kier molecular flexibility index (Phi) is 8.44. The lowest BCUT2D eigenvalue weighted by Crippen LogP contribution is -2.13. The first-order valence-electron chi connectivity index (χ1n) is 11.3. The van der Waals surface area contributed by atoms with Gasteiger partial charge in [0.05, 0.1) is 6.67 Å². The highest BCUT2D eigenvalue weighted by molar-refractivity contribution is 5.55. The Labute approximate surface area is 170 Å². The van der Waals surface area contributed by atoms with Gasteiger partial charge in [-0.05, 0) is 67.9 Å². The summed E-state index contributed by atoms with van der Waals surface area (Å²) in [5, 5.41) is 0. The van der Waals surface area contributed by atoms with E-state index in [9.17, 15) is 4.39 Å². The number of alkyl halides is 1. The summed E-state index contributed by atoms with van der Waals surface area (Å²) in [6, 6.07) is 8.88. The maximum absolute atomic E-state index is 12.3. The summed E-state index contributed by atoms with van der Waals surface area (Å²) in [6.45, 7) is 2.07. The van der Waals surface area contributed by atoms with Gasteiger partial charge in [0.1, 0.15) is 0 Å². The van der Waals surface area contributed by atoms with Crippen LogP contribution in [0.25, 0.3) is 11.4 Å². The van der Waals surface area contributed by atoms with Gasteiger partial charge in [0.25, 0.3) is 0 Å². The molecule has 2 nitrogen and oxygen atoms in total. The largest absolute Gasteiger partial charge is 0.251 e. The molecule has 0 radical (unpaired) electrons. The monoisotopic (exact) mass is 382 g/mol. The zero-order chi connectivity index (χ0) is 19.6. The van der Waals surface area contributed by atoms with Crippen molar-refractivity contribution in [3.63, 3.8) is 0 Å². The molecule has 1 aliphatic carbocycles. The number of rotatable bonds is 10. The van der Waals surface area contributed by atoms with E-state index in [0.29, 0.717) is 5.92 Å². The highest BCUT2D eigenvalue weighted by Crippen LogP contribution is 2.38. The zero-order valence-electron chi connectivity index (χ0n) is 17.4. The molecular weight excluding hydrogens is 347 g/mol. The standard InChI is InChI=1S/C25H35FN2/c1-2-3-4-8-21-18-27-25(28-19-21)24-15-13-23(14-16-24)22-11-9-20(10-12-22)7-5-6-17-26/h13-16,18-20,22H,2-12,17H2,1H3. The topological polar surface area (TPSA) is 25.8 Å². The van der Waals surface area contributed by atoms with Crippen LogP contribution in [0.15, 0.2) is 36.7 Å². The van der Waals surface area contributed by atoms with Gasteiger partial charge in [-0.15, -0.1) is 0 Å². The van der Waals surface area contributed by atoms with Crippen LogP contribution in [0.5, 0.6) is 0 Å². The molecule has 28 heavy (non-hydrogen) atoms. The van der Waals surface area contributed by atoms with Crippen LogP contribution in [0.2, 0.25) is 0 Å². The second kappa shape index (κ2) is 11.3. The van der Waals surface area contributed by atoms with Gasteiger partial charge < -0.3 is 0 Å². The molecule has 0 amide bonds. The van der Waals surface area contributed by atoms with Crippen molar-refractivity contribution in [2.75, 3.05) is 6.67 Å². The predicted octanol–water partition coefficient (Wildman–Crippen LogP) is 7.29.